The highest BCUT2D eigenvalue weighted by molar-refractivity contribution is 5.34. The summed E-state index contributed by atoms with van der Waals surface area (Å²) in [7, 11) is 1.96. The molecule has 2 aromatic rings. The predicted octanol–water partition coefficient (Wildman–Crippen LogP) is 0.800. The van der Waals surface area contributed by atoms with Crippen molar-refractivity contribution in [3.8, 4) is 0 Å². The van der Waals surface area contributed by atoms with Crippen molar-refractivity contribution in [2.75, 3.05) is 13.6 Å². The maximum absolute atomic E-state index is 4.39. The largest absolute Gasteiger partial charge is 0.319 e. The fraction of sp³-hybridized carbons (Fsp3) is 0.400. The van der Waals surface area contributed by atoms with E-state index in [1.807, 2.05) is 30.6 Å². The minimum absolute atomic E-state index is 0.788. The van der Waals surface area contributed by atoms with Gasteiger partial charge in [0.15, 0.2) is 0 Å². The van der Waals surface area contributed by atoms with Gasteiger partial charge < -0.3 is 5.32 Å². The third-order valence-corrected chi connectivity index (χ3v) is 2.31. The molecule has 0 aliphatic rings. The summed E-state index contributed by atoms with van der Waals surface area (Å²) < 4.78 is 2.05. The predicted molar refractivity (Wildman–Crippen MR) is 55.4 cm³/mol. The fourth-order valence-corrected chi connectivity index (χ4v) is 1.59. The number of rotatable bonds is 3. The van der Waals surface area contributed by atoms with Gasteiger partial charge in [0.2, 0.25) is 5.78 Å². The molecule has 4 heteroatoms. The molecule has 0 bridgehead atoms. The van der Waals surface area contributed by atoms with Gasteiger partial charge in [0.25, 0.3) is 0 Å². The molecular formula is C10H14N4. The van der Waals surface area contributed by atoms with Crippen LogP contribution in [-0.4, -0.2) is 28.0 Å². The Balaban J connectivity index is 2.45. The van der Waals surface area contributed by atoms with E-state index in [4.69, 9.17) is 0 Å². The van der Waals surface area contributed by atoms with Gasteiger partial charge in [-0.15, -0.1) is 0 Å². The van der Waals surface area contributed by atoms with E-state index in [9.17, 15) is 0 Å². The van der Waals surface area contributed by atoms with Crippen molar-refractivity contribution in [1.29, 1.82) is 0 Å². The van der Waals surface area contributed by atoms with E-state index >= 15 is 0 Å². The van der Waals surface area contributed by atoms with Gasteiger partial charge in [0.05, 0.1) is 5.69 Å². The number of aromatic nitrogens is 3. The van der Waals surface area contributed by atoms with Crippen molar-refractivity contribution in [3.05, 3.63) is 29.8 Å². The van der Waals surface area contributed by atoms with E-state index < -0.39 is 0 Å². The third-order valence-electron chi connectivity index (χ3n) is 2.31. The first-order valence-electron chi connectivity index (χ1n) is 4.76. The van der Waals surface area contributed by atoms with E-state index in [0.717, 1.165) is 24.4 Å². The fourth-order valence-electron chi connectivity index (χ4n) is 1.59. The lowest BCUT2D eigenvalue weighted by molar-refractivity contribution is 0.766. The molecule has 2 heterocycles. The van der Waals surface area contributed by atoms with Crippen LogP contribution in [0.4, 0.5) is 0 Å². The number of fused-ring (bicyclic) bond motifs is 1. The highest BCUT2D eigenvalue weighted by atomic mass is 15.1. The van der Waals surface area contributed by atoms with Crippen LogP contribution < -0.4 is 5.32 Å². The number of imidazole rings is 1. The molecule has 0 aromatic carbocycles. The minimum atomic E-state index is 0.788. The lowest BCUT2D eigenvalue weighted by Crippen LogP contribution is -2.12. The van der Waals surface area contributed by atoms with Gasteiger partial charge in [0, 0.05) is 31.1 Å². The van der Waals surface area contributed by atoms with Gasteiger partial charge in [-0.25, -0.2) is 9.97 Å². The number of likely N-dealkylation sites (N-methyl/N-ethyl adjacent to an activating group) is 1. The third kappa shape index (κ3) is 1.48. The van der Waals surface area contributed by atoms with Gasteiger partial charge >= 0.3 is 0 Å². The summed E-state index contributed by atoms with van der Waals surface area (Å²) in [5, 5.41) is 3.14. The second kappa shape index (κ2) is 3.75. The highest BCUT2D eigenvalue weighted by Gasteiger charge is 2.07. The highest BCUT2D eigenvalue weighted by Crippen LogP contribution is 2.09. The molecule has 0 saturated heterocycles. The Labute approximate surface area is 83.0 Å². The normalized spacial score (nSPS) is 11.0. The zero-order chi connectivity index (χ0) is 9.97. The maximum Gasteiger partial charge on any atom is 0.234 e. The Bertz CT molecular complexity index is 433. The molecule has 2 rings (SSSR count). The second-order valence-electron chi connectivity index (χ2n) is 3.29. The number of aryl methyl sites for hydroxylation is 1. The Morgan fingerprint density at radius 2 is 2.36 bits per heavy atom. The molecule has 74 valence electrons. The van der Waals surface area contributed by atoms with E-state index in [2.05, 4.69) is 15.3 Å². The van der Waals surface area contributed by atoms with Crippen LogP contribution >= 0.6 is 0 Å². The summed E-state index contributed by atoms with van der Waals surface area (Å²) in [6, 6.07) is 1.93. The average Bonchev–Trinajstić information content (AvgIpc) is 2.51. The van der Waals surface area contributed by atoms with Crippen molar-refractivity contribution >= 4 is 5.78 Å². The molecule has 0 saturated carbocycles. The molecule has 2 aromatic heterocycles. The van der Waals surface area contributed by atoms with Crippen molar-refractivity contribution in [3.63, 3.8) is 0 Å². The molecular weight excluding hydrogens is 176 g/mol. The maximum atomic E-state index is 4.39. The summed E-state index contributed by atoms with van der Waals surface area (Å²) in [5.41, 5.74) is 2.31. The molecule has 0 radical (unpaired) electrons. The molecule has 0 atom stereocenters. The number of nitrogens with one attached hydrogen (secondary N) is 1. The monoisotopic (exact) mass is 190 g/mol. The van der Waals surface area contributed by atoms with Crippen molar-refractivity contribution < 1.29 is 0 Å². The smallest absolute Gasteiger partial charge is 0.234 e. The van der Waals surface area contributed by atoms with Gasteiger partial charge in [-0.2, -0.15) is 0 Å². The van der Waals surface area contributed by atoms with Crippen LogP contribution in [0.1, 0.15) is 11.4 Å². The molecule has 0 unspecified atom stereocenters. The topological polar surface area (TPSA) is 42.2 Å². The first-order valence-corrected chi connectivity index (χ1v) is 4.76. The van der Waals surface area contributed by atoms with Crippen LogP contribution in [0.3, 0.4) is 0 Å². The van der Waals surface area contributed by atoms with Gasteiger partial charge in [-0.3, -0.25) is 4.40 Å². The summed E-state index contributed by atoms with van der Waals surface area (Å²) in [6.07, 6.45) is 4.76. The Kier molecular flexibility index (Phi) is 2.45. The molecule has 4 nitrogen and oxygen atoms in total. The first kappa shape index (κ1) is 9.15. The SMILES string of the molecule is CNCCc1c(C)nc2ncccn12. The molecule has 14 heavy (non-hydrogen) atoms. The molecule has 0 spiro atoms. The lowest BCUT2D eigenvalue weighted by Gasteiger charge is -2.01. The van der Waals surface area contributed by atoms with E-state index in [-0.39, 0.29) is 0 Å². The van der Waals surface area contributed by atoms with Crippen molar-refractivity contribution in [2.24, 2.45) is 0 Å². The van der Waals surface area contributed by atoms with Crippen LogP contribution in [0, 0.1) is 6.92 Å². The average molecular weight is 190 g/mol. The zero-order valence-corrected chi connectivity index (χ0v) is 8.49. The van der Waals surface area contributed by atoms with Crippen LogP contribution in [0.2, 0.25) is 0 Å². The Morgan fingerprint density at radius 1 is 1.50 bits per heavy atom. The Morgan fingerprint density at radius 3 is 3.14 bits per heavy atom. The van der Waals surface area contributed by atoms with Gasteiger partial charge in [-0.1, -0.05) is 0 Å². The molecule has 0 aliphatic heterocycles. The van der Waals surface area contributed by atoms with Gasteiger partial charge in [-0.05, 0) is 20.0 Å². The first-order chi connectivity index (χ1) is 6.83. The van der Waals surface area contributed by atoms with Crippen molar-refractivity contribution in [1.82, 2.24) is 19.7 Å². The molecule has 0 amide bonds. The Hall–Kier alpha value is -1.42. The lowest BCUT2D eigenvalue weighted by atomic mass is 10.2. The molecule has 0 aliphatic carbocycles. The standard InChI is InChI=1S/C10H14N4/c1-8-9(4-6-11-2)14-7-3-5-12-10(14)13-8/h3,5,7,11H,4,6H2,1-2H3. The minimum Gasteiger partial charge on any atom is -0.319 e. The summed E-state index contributed by atoms with van der Waals surface area (Å²) in [4.78, 5) is 8.59. The van der Waals surface area contributed by atoms with E-state index in [0.29, 0.717) is 0 Å². The molecule has 1 N–H and O–H groups in total. The zero-order valence-electron chi connectivity index (χ0n) is 8.49. The summed E-state index contributed by atoms with van der Waals surface area (Å²) in [6.45, 7) is 2.99. The van der Waals surface area contributed by atoms with Crippen LogP contribution in [0.15, 0.2) is 18.5 Å². The quantitative estimate of drug-likeness (QED) is 0.778. The number of hydrogen-bond acceptors (Lipinski definition) is 3. The summed E-state index contributed by atoms with van der Waals surface area (Å²) in [5.74, 6) is 0.788. The van der Waals surface area contributed by atoms with Crippen LogP contribution in [0.5, 0.6) is 0 Å². The van der Waals surface area contributed by atoms with Crippen molar-refractivity contribution in [2.45, 2.75) is 13.3 Å². The molecule has 0 fully saturated rings. The number of nitrogens with zero attached hydrogens (tertiary/aromatic N) is 3. The van der Waals surface area contributed by atoms with Crippen LogP contribution in [0.25, 0.3) is 5.78 Å². The second-order valence-corrected chi connectivity index (χ2v) is 3.29. The van der Waals surface area contributed by atoms with E-state index in [1.54, 1.807) is 6.20 Å². The van der Waals surface area contributed by atoms with E-state index in [1.165, 1.54) is 5.69 Å². The van der Waals surface area contributed by atoms with Gasteiger partial charge in [0.1, 0.15) is 0 Å². The summed E-state index contributed by atoms with van der Waals surface area (Å²) >= 11 is 0. The van der Waals surface area contributed by atoms with Crippen LogP contribution in [-0.2, 0) is 6.42 Å². The number of hydrogen-bond donors (Lipinski definition) is 1.